The smallest absolute Gasteiger partial charge is 0.341 e. The van der Waals surface area contributed by atoms with Crippen molar-refractivity contribution in [1.29, 1.82) is 0 Å². The first-order valence-electron chi connectivity index (χ1n) is 9.23. The molecule has 28 heavy (non-hydrogen) atoms. The van der Waals surface area contributed by atoms with Gasteiger partial charge in [0.2, 0.25) is 0 Å². The van der Waals surface area contributed by atoms with Crippen LogP contribution >= 0.6 is 11.6 Å². The molecular formula is C22H22ClNO4. The molecule has 0 saturated carbocycles. The van der Waals surface area contributed by atoms with Crippen LogP contribution in [0.5, 0.6) is 11.5 Å². The molecule has 146 valence electrons. The van der Waals surface area contributed by atoms with Crippen molar-refractivity contribution < 1.29 is 19.0 Å². The number of fused-ring (bicyclic) bond motifs is 1. The number of ether oxygens (including phenoxy) is 3. The molecule has 0 atom stereocenters. The summed E-state index contributed by atoms with van der Waals surface area (Å²) >= 11 is 6.47. The molecule has 2 aromatic carbocycles. The van der Waals surface area contributed by atoms with E-state index in [4.69, 9.17) is 25.8 Å². The third-order valence-electron chi connectivity index (χ3n) is 4.06. The highest BCUT2D eigenvalue weighted by atomic mass is 35.5. The summed E-state index contributed by atoms with van der Waals surface area (Å²) in [6.45, 7) is 4.98. The van der Waals surface area contributed by atoms with E-state index in [0.717, 1.165) is 12.0 Å². The van der Waals surface area contributed by atoms with Crippen molar-refractivity contribution in [3.63, 3.8) is 0 Å². The summed E-state index contributed by atoms with van der Waals surface area (Å²) in [5.74, 6) is 0.648. The first-order valence-corrected chi connectivity index (χ1v) is 9.60. The number of carbonyl (C=O) groups is 1. The maximum Gasteiger partial charge on any atom is 0.341 e. The van der Waals surface area contributed by atoms with E-state index in [-0.39, 0.29) is 12.2 Å². The Morgan fingerprint density at radius 2 is 1.82 bits per heavy atom. The molecule has 3 rings (SSSR count). The maximum atomic E-state index is 12.1. The normalized spacial score (nSPS) is 10.7. The van der Waals surface area contributed by atoms with Crippen LogP contribution in [0.2, 0.25) is 5.02 Å². The first-order chi connectivity index (χ1) is 13.6. The van der Waals surface area contributed by atoms with E-state index in [9.17, 15) is 4.79 Å². The molecule has 1 heterocycles. The third-order valence-corrected chi connectivity index (χ3v) is 4.47. The SMILES string of the molecule is CCCOc1cc2c(Cl)c(C(=O)OCC)cnc2cc1OCc1ccccc1. The van der Waals surface area contributed by atoms with Gasteiger partial charge in [0.05, 0.1) is 29.3 Å². The standard InChI is InChI=1S/C22H22ClNO4/c1-3-10-27-19-11-16-18(24-13-17(21(16)23)22(25)26-4-2)12-20(19)28-14-15-8-6-5-7-9-15/h5-9,11-13H,3-4,10,14H2,1-2H3. The van der Waals surface area contributed by atoms with Crippen LogP contribution in [0.25, 0.3) is 10.9 Å². The van der Waals surface area contributed by atoms with Crippen LogP contribution < -0.4 is 9.47 Å². The van der Waals surface area contributed by atoms with Gasteiger partial charge in [-0.1, -0.05) is 48.9 Å². The second-order valence-corrected chi connectivity index (χ2v) is 6.52. The van der Waals surface area contributed by atoms with Crippen LogP contribution in [-0.2, 0) is 11.3 Å². The Balaban J connectivity index is 1.98. The summed E-state index contributed by atoms with van der Waals surface area (Å²) < 4.78 is 16.9. The number of rotatable bonds is 8. The van der Waals surface area contributed by atoms with Crippen molar-refractivity contribution in [2.75, 3.05) is 13.2 Å². The van der Waals surface area contributed by atoms with E-state index in [1.807, 2.05) is 37.3 Å². The number of hydrogen-bond donors (Lipinski definition) is 0. The minimum absolute atomic E-state index is 0.232. The zero-order valence-corrected chi connectivity index (χ0v) is 16.7. The first kappa shape index (κ1) is 20.0. The fraction of sp³-hybridized carbons (Fsp3) is 0.273. The Morgan fingerprint density at radius 1 is 1.07 bits per heavy atom. The number of hydrogen-bond acceptors (Lipinski definition) is 5. The average Bonchev–Trinajstić information content (AvgIpc) is 2.72. The lowest BCUT2D eigenvalue weighted by molar-refractivity contribution is 0.0526. The van der Waals surface area contributed by atoms with Crippen molar-refractivity contribution in [1.82, 2.24) is 4.98 Å². The monoisotopic (exact) mass is 399 g/mol. The molecule has 0 aliphatic carbocycles. The van der Waals surface area contributed by atoms with E-state index in [0.29, 0.717) is 40.6 Å². The fourth-order valence-corrected chi connectivity index (χ4v) is 2.97. The van der Waals surface area contributed by atoms with Crippen LogP contribution in [-0.4, -0.2) is 24.2 Å². The number of carbonyl (C=O) groups excluding carboxylic acids is 1. The third kappa shape index (κ3) is 4.54. The predicted molar refractivity (Wildman–Crippen MR) is 109 cm³/mol. The van der Waals surface area contributed by atoms with Crippen LogP contribution in [0.15, 0.2) is 48.7 Å². The summed E-state index contributed by atoms with van der Waals surface area (Å²) in [7, 11) is 0. The molecule has 0 bridgehead atoms. The Bertz CT molecular complexity index is 960. The van der Waals surface area contributed by atoms with Gasteiger partial charge in [-0.3, -0.25) is 4.98 Å². The van der Waals surface area contributed by atoms with Gasteiger partial charge < -0.3 is 14.2 Å². The Hall–Kier alpha value is -2.79. The topological polar surface area (TPSA) is 57.7 Å². The molecule has 3 aromatic rings. The Labute approximate surface area is 169 Å². The van der Waals surface area contributed by atoms with Gasteiger partial charge in [0.1, 0.15) is 6.61 Å². The van der Waals surface area contributed by atoms with Crippen molar-refractivity contribution >= 4 is 28.5 Å². The minimum Gasteiger partial charge on any atom is -0.490 e. The molecule has 0 amide bonds. The highest BCUT2D eigenvalue weighted by molar-refractivity contribution is 6.38. The van der Waals surface area contributed by atoms with Gasteiger partial charge in [0.15, 0.2) is 11.5 Å². The molecule has 1 aromatic heterocycles. The van der Waals surface area contributed by atoms with Gasteiger partial charge in [0.25, 0.3) is 0 Å². The maximum absolute atomic E-state index is 12.1. The number of aromatic nitrogens is 1. The minimum atomic E-state index is -0.498. The van der Waals surface area contributed by atoms with Crippen molar-refractivity contribution in [3.05, 3.63) is 64.8 Å². The molecule has 0 fully saturated rings. The lowest BCUT2D eigenvalue weighted by atomic mass is 10.1. The molecule has 0 aliphatic rings. The summed E-state index contributed by atoms with van der Waals surface area (Å²) in [5.41, 5.74) is 1.90. The number of nitrogens with zero attached hydrogens (tertiary/aromatic N) is 1. The predicted octanol–water partition coefficient (Wildman–Crippen LogP) is 5.43. The van der Waals surface area contributed by atoms with Gasteiger partial charge in [-0.15, -0.1) is 0 Å². The average molecular weight is 400 g/mol. The van der Waals surface area contributed by atoms with Gasteiger partial charge >= 0.3 is 5.97 Å². The van der Waals surface area contributed by atoms with Gasteiger partial charge in [-0.2, -0.15) is 0 Å². The summed E-state index contributed by atoms with van der Waals surface area (Å²) in [6.07, 6.45) is 2.28. The van der Waals surface area contributed by atoms with Crippen molar-refractivity contribution in [3.8, 4) is 11.5 Å². The quantitative estimate of drug-likeness (QED) is 0.472. The molecule has 0 radical (unpaired) electrons. The molecule has 0 aliphatic heterocycles. The largest absolute Gasteiger partial charge is 0.490 e. The molecule has 5 nitrogen and oxygen atoms in total. The summed E-state index contributed by atoms with van der Waals surface area (Å²) in [6, 6.07) is 13.4. The molecule has 0 saturated heterocycles. The highest BCUT2D eigenvalue weighted by Gasteiger charge is 2.18. The molecular weight excluding hydrogens is 378 g/mol. The number of esters is 1. The van der Waals surface area contributed by atoms with Crippen molar-refractivity contribution in [2.45, 2.75) is 26.9 Å². The van der Waals surface area contributed by atoms with Crippen LogP contribution in [0.4, 0.5) is 0 Å². The second kappa shape index (κ2) is 9.42. The van der Waals surface area contributed by atoms with E-state index in [1.165, 1.54) is 6.20 Å². The van der Waals surface area contributed by atoms with E-state index < -0.39 is 5.97 Å². The Morgan fingerprint density at radius 3 is 2.54 bits per heavy atom. The number of benzene rings is 2. The zero-order valence-electron chi connectivity index (χ0n) is 15.9. The van der Waals surface area contributed by atoms with E-state index in [1.54, 1.807) is 19.1 Å². The lowest BCUT2D eigenvalue weighted by Crippen LogP contribution is -2.07. The van der Waals surface area contributed by atoms with Crippen molar-refractivity contribution in [2.24, 2.45) is 0 Å². The fourth-order valence-electron chi connectivity index (χ4n) is 2.69. The molecule has 0 unspecified atom stereocenters. The molecule has 6 heteroatoms. The molecule has 0 N–H and O–H groups in total. The van der Waals surface area contributed by atoms with E-state index >= 15 is 0 Å². The highest BCUT2D eigenvalue weighted by Crippen LogP contribution is 2.36. The van der Waals surface area contributed by atoms with Crippen LogP contribution in [0, 0.1) is 0 Å². The van der Waals surface area contributed by atoms with Crippen LogP contribution in [0.3, 0.4) is 0 Å². The summed E-state index contributed by atoms with van der Waals surface area (Å²) in [5, 5.41) is 0.907. The number of halogens is 1. The summed E-state index contributed by atoms with van der Waals surface area (Å²) in [4.78, 5) is 16.5. The van der Waals surface area contributed by atoms with Crippen LogP contribution in [0.1, 0.15) is 36.2 Å². The zero-order chi connectivity index (χ0) is 19.9. The Kier molecular flexibility index (Phi) is 6.71. The second-order valence-electron chi connectivity index (χ2n) is 6.15. The lowest BCUT2D eigenvalue weighted by Gasteiger charge is -2.15. The van der Waals surface area contributed by atoms with Gasteiger partial charge in [-0.05, 0) is 25.0 Å². The number of pyridine rings is 1. The van der Waals surface area contributed by atoms with Gasteiger partial charge in [-0.25, -0.2) is 4.79 Å². The molecule has 0 spiro atoms. The van der Waals surface area contributed by atoms with Gasteiger partial charge in [0, 0.05) is 17.6 Å². The van der Waals surface area contributed by atoms with E-state index in [2.05, 4.69) is 4.98 Å².